The molecule has 112 valence electrons. The number of nitrogens with one attached hydrogen (secondary N) is 1. The molecule has 0 aliphatic carbocycles. The van der Waals surface area contributed by atoms with E-state index in [2.05, 4.69) is 33.0 Å². The van der Waals surface area contributed by atoms with Gasteiger partial charge in [-0.25, -0.2) is 9.97 Å². The van der Waals surface area contributed by atoms with Gasteiger partial charge in [0.1, 0.15) is 5.82 Å². The molecule has 2 rings (SSSR count). The van der Waals surface area contributed by atoms with Gasteiger partial charge in [0.05, 0.1) is 5.25 Å². The molecule has 1 aliphatic heterocycles. The third kappa shape index (κ3) is 4.19. The smallest absolute Gasteiger partial charge is 0.141 e. The lowest BCUT2D eigenvalue weighted by Crippen LogP contribution is -2.25. The van der Waals surface area contributed by atoms with E-state index in [0.29, 0.717) is 11.3 Å². The third-order valence-corrected chi connectivity index (χ3v) is 5.21. The average Bonchev–Trinajstić information content (AvgIpc) is 2.42. The number of aryl methyl sites for hydroxylation is 2. The van der Waals surface area contributed by atoms with E-state index in [4.69, 9.17) is 9.97 Å². The van der Waals surface area contributed by atoms with Crippen LogP contribution in [-0.4, -0.2) is 28.3 Å². The Kier molecular flexibility index (Phi) is 5.85. The Morgan fingerprint density at radius 3 is 2.45 bits per heavy atom. The Bertz CT molecular complexity index is 416. The fourth-order valence-electron chi connectivity index (χ4n) is 2.70. The van der Waals surface area contributed by atoms with Crippen molar-refractivity contribution in [3.05, 3.63) is 22.8 Å². The van der Waals surface area contributed by atoms with E-state index >= 15 is 0 Å². The van der Waals surface area contributed by atoms with Gasteiger partial charge in [-0.3, -0.25) is 0 Å². The van der Waals surface area contributed by atoms with Crippen molar-refractivity contribution in [2.75, 3.05) is 12.3 Å². The first-order chi connectivity index (χ1) is 9.58. The molecule has 0 radical (unpaired) electrons. The van der Waals surface area contributed by atoms with Crippen LogP contribution in [0.4, 0.5) is 0 Å². The largest absolute Gasteiger partial charge is 0.314 e. The maximum atomic E-state index is 4.80. The molecule has 1 saturated heterocycles. The summed E-state index contributed by atoms with van der Waals surface area (Å²) in [4.78, 5) is 9.59. The zero-order chi connectivity index (χ0) is 14.5. The second-order valence-electron chi connectivity index (χ2n) is 5.95. The lowest BCUT2D eigenvalue weighted by atomic mass is 10.1. The lowest BCUT2D eigenvalue weighted by molar-refractivity contribution is 0.586. The SMILES string of the molecule is Cc1nc(C2CCCCS2)nc(C)c1CCNC(C)C. The van der Waals surface area contributed by atoms with Crippen molar-refractivity contribution >= 4 is 11.8 Å². The number of rotatable bonds is 5. The van der Waals surface area contributed by atoms with Crippen molar-refractivity contribution in [3.8, 4) is 0 Å². The Hall–Kier alpha value is -0.610. The van der Waals surface area contributed by atoms with Crippen LogP contribution in [0.1, 0.15) is 61.1 Å². The molecular formula is C16H27N3S. The summed E-state index contributed by atoms with van der Waals surface area (Å²) in [6, 6.07) is 0.537. The Morgan fingerprint density at radius 1 is 1.20 bits per heavy atom. The first-order valence-corrected chi connectivity index (χ1v) is 8.81. The summed E-state index contributed by atoms with van der Waals surface area (Å²) in [7, 11) is 0. The van der Waals surface area contributed by atoms with Gasteiger partial charge in [-0.05, 0) is 51.0 Å². The summed E-state index contributed by atoms with van der Waals surface area (Å²) >= 11 is 2.02. The highest BCUT2D eigenvalue weighted by atomic mass is 32.2. The molecule has 1 atom stereocenters. The minimum Gasteiger partial charge on any atom is -0.314 e. The summed E-state index contributed by atoms with van der Waals surface area (Å²) < 4.78 is 0. The molecule has 1 N–H and O–H groups in total. The summed E-state index contributed by atoms with van der Waals surface area (Å²) in [5.41, 5.74) is 3.66. The van der Waals surface area contributed by atoms with Gasteiger partial charge in [-0.2, -0.15) is 11.8 Å². The molecule has 1 aromatic heterocycles. The van der Waals surface area contributed by atoms with Crippen LogP contribution in [-0.2, 0) is 6.42 Å². The first kappa shape index (κ1) is 15.8. The molecule has 2 heterocycles. The predicted molar refractivity (Wildman–Crippen MR) is 87.4 cm³/mol. The van der Waals surface area contributed by atoms with Crippen molar-refractivity contribution in [3.63, 3.8) is 0 Å². The molecule has 1 fully saturated rings. The molecule has 4 heteroatoms. The zero-order valence-corrected chi connectivity index (χ0v) is 14.0. The van der Waals surface area contributed by atoms with E-state index in [1.165, 1.54) is 42.0 Å². The van der Waals surface area contributed by atoms with Crippen LogP contribution < -0.4 is 5.32 Å². The van der Waals surface area contributed by atoms with Crippen LogP contribution in [0.5, 0.6) is 0 Å². The minimum absolute atomic E-state index is 0.518. The molecule has 0 saturated carbocycles. The van der Waals surface area contributed by atoms with Crippen molar-refractivity contribution in [1.82, 2.24) is 15.3 Å². The number of nitrogens with zero attached hydrogens (tertiary/aromatic N) is 2. The zero-order valence-electron chi connectivity index (χ0n) is 13.2. The van der Waals surface area contributed by atoms with Crippen LogP contribution in [0.25, 0.3) is 0 Å². The van der Waals surface area contributed by atoms with E-state index in [9.17, 15) is 0 Å². The third-order valence-electron chi connectivity index (χ3n) is 3.83. The number of hydrogen-bond donors (Lipinski definition) is 1. The minimum atomic E-state index is 0.518. The number of aromatic nitrogens is 2. The van der Waals surface area contributed by atoms with Crippen molar-refractivity contribution < 1.29 is 0 Å². The van der Waals surface area contributed by atoms with Gasteiger partial charge in [0.25, 0.3) is 0 Å². The molecule has 3 nitrogen and oxygen atoms in total. The summed E-state index contributed by atoms with van der Waals surface area (Å²) in [5.74, 6) is 2.32. The fourth-order valence-corrected chi connectivity index (χ4v) is 3.94. The van der Waals surface area contributed by atoms with Crippen LogP contribution in [0.15, 0.2) is 0 Å². The van der Waals surface area contributed by atoms with Crippen LogP contribution in [0.2, 0.25) is 0 Å². The van der Waals surface area contributed by atoms with Crippen molar-refractivity contribution in [2.24, 2.45) is 0 Å². The molecule has 0 spiro atoms. The Morgan fingerprint density at radius 2 is 1.90 bits per heavy atom. The number of hydrogen-bond acceptors (Lipinski definition) is 4. The maximum absolute atomic E-state index is 4.80. The summed E-state index contributed by atoms with van der Waals surface area (Å²) in [5, 5.41) is 3.98. The standard InChI is InChI=1S/C16H27N3S/c1-11(2)17-9-8-14-12(3)18-16(19-13(14)4)15-7-5-6-10-20-15/h11,15,17H,5-10H2,1-4H3. The lowest BCUT2D eigenvalue weighted by Gasteiger charge is -2.21. The van der Waals surface area contributed by atoms with Gasteiger partial charge in [0.2, 0.25) is 0 Å². The maximum Gasteiger partial charge on any atom is 0.141 e. The first-order valence-electron chi connectivity index (χ1n) is 7.77. The molecule has 0 aromatic carbocycles. The number of thioether (sulfide) groups is 1. The molecule has 1 unspecified atom stereocenters. The topological polar surface area (TPSA) is 37.8 Å². The van der Waals surface area contributed by atoms with Gasteiger partial charge in [0, 0.05) is 17.4 Å². The highest BCUT2D eigenvalue weighted by Gasteiger charge is 2.20. The summed E-state index contributed by atoms with van der Waals surface area (Å²) in [6.07, 6.45) is 4.92. The van der Waals surface area contributed by atoms with Gasteiger partial charge in [0.15, 0.2) is 0 Å². The Labute approximate surface area is 127 Å². The van der Waals surface area contributed by atoms with Crippen molar-refractivity contribution in [2.45, 2.75) is 64.7 Å². The molecular weight excluding hydrogens is 266 g/mol. The molecule has 0 bridgehead atoms. The van der Waals surface area contributed by atoms with E-state index in [0.717, 1.165) is 18.8 Å². The van der Waals surface area contributed by atoms with Crippen LogP contribution in [0, 0.1) is 13.8 Å². The molecule has 1 aromatic rings. The molecule has 0 amide bonds. The molecule has 20 heavy (non-hydrogen) atoms. The highest BCUT2D eigenvalue weighted by Crippen LogP contribution is 2.36. The second kappa shape index (κ2) is 7.41. The van der Waals surface area contributed by atoms with E-state index in [1.807, 2.05) is 11.8 Å². The van der Waals surface area contributed by atoms with E-state index in [1.54, 1.807) is 0 Å². The van der Waals surface area contributed by atoms with Crippen LogP contribution in [0.3, 0.4) is 0 Å². The fraction of sp³-hybridized carbons (Fsp3) is 0.750. The van der Waals surface area contributed by atoms with Crippen molar-refractivity contribution in [1.29, 1.82) is 0 Å². The predicted octanol–water partition coefficient (Wildman–Crippen LogP) is 3.59. The van der Waals surface area contributed by atoms with E-state index < -0.39 is 0 Å². The quantitative estimate of drug-likeness (QED) is 0.900. The normalized spacial score (nSPS) is 19.6. The monoisotopic (exact) mass is 293 g/mol. The van der Waals surface area contributed by atoms with Crippen LogP contribution >= 0.6 is 11.8 Å². The Balaban J connectivity index is 2.07. The van der Waals surface area contributed by atoms with Gasteiger partial charge in [-0.15, -0.1) is 0 Å². The van der Waals surface area contributed by atoms with Gasteiger partial charge in [-0.1, -0.05) is 20.3 Å². The molecule has 1 aliphatic rings. The van der Waals surface area contributed by atoms with Gasteiger partial charge < -0.3 is 5.32 Å². The van der Waals surface area contributed by atoms with Gasteiger partial charge >= 0.3 is 0 Å². The van der Waals surface area contributed by atoms with E-state index in [-0.39, 0.29) is 0 Å². The average molecular weight is 293 g/mol. The summed E-state index contributed by atoms with van der Waals surface area (Å²) in [6.45, 7) is 9.63. The highest BCUT2D eigenvalue weighted by molar-refractivity contribution is 7.99. The second-order valence-corrected chi connectivity index (χ2v) is 7.26.